The van der Waals surface area contributed by atoms with Gasteiger partial charge in [-0.1, -0.05) is 176 Å². The van der Waals surface area contributed by atoms with E-state index in [4.69, 9.17) is 24.1 Å². The number of hydrogen-bond acceptors (Lipinski definition) is 5. The summed E-state index contributed by atoms with van der Waals surface area (Å²) in [6, 6.07) is 81.4. The maximum absolute atomic E-state index is 6.72. The second-order valence-electron chi connectivity index (χ2n) is 18.2. The van der Waals surface area contributed by atoms with Gasteiger partial charge in [-0.25, -0.2) is 15.0 Å². The predicted molar refractivity (Wildman–Crippen MR) is 281 cm³/mol. The maximum atomic E-state index is 6.72. The van der Waals surface area contributed by atoms with Crippen molar-refractivity contribution in [1.29, 1.82) is 0 Å². The molecular weight excluding hydrogens is 857 g/mol. The summed E-state index contributed by atoms with van der Waals surface area (Å²) in [6.07, 6.45) is 0. The second kappa shape index (κ2) is 14.8. The standard InChI is InChI=1S/C64H38N4O2/c1-3-16-40(17-4-1)61-65-62(41-18-5-2-6-19-41)67-63(66-61)46-22-15-25-53-60(46)49-36-42(32-35-50(49)64(53)51-23-9-13-28-57(51)70-58-29-14-10-24-52(58)64)39-30-33-43(34-31-39)68-54-26-11-7-20-44(54)47-38-59-48(37-55(47)68)45-21-8-12-27-56(45)69-59/h1-38H. The molecule has 1 spiro atoms. The van der Waals surface area contributed by atoms with Crippen LogP contribution in [0, 0.1) is 0 Å². The quantitative estimate of drug-likeness (QED) is 0.172. The number of para-hydroxylation sites is 4. The first kappa shape index (κ1) is 38.7. The van der Waals surface area contributed by atoms with Crippen molar-refractivity contribution < 1.29 is 9.15 Å². The van der Waals surface area contributed by atoms with E-state index < -0.39 is 5.41 Å². The lowest BCUT2D eigenvalue weighted by Gasteiger charge is -2.39. The molecule has 6 nitrogen and oxygen atoms in total. The molecule has 6 heteroatoms. The van der Waals surface area contributed by atoms with E-state index in [1.54, 1.807) is 0 Å². The van der Waals surface area contributed by atoms with Crippen molar-refractivity contribution in [2.75, 3.05) is 0 Å². The third-order valence-electron chi connectivity index (χ3n) is 14.5. The fraction of sp³-hybridized carbons (Fsp3) is 0.0156. The number of furan rings is 1. The van der Waals surface area contributed by atoms with E-state index in [9.17, 15) is 0 Å². The summed E-state index contributed by atoms with van der Waals surface area (Å²) in [7, 11) is 0. The molecule has 4 heterocycles. The maximum Gasteiger partial charge on any atom is 0.164 e. The molecule has 0 saturated heterocycles. The van der Waals surface area contributed by atoms with E-state index in [-0.39, 0.29) is 0 Å². The highest BCUT2D eigenvalue weighted by atomic mass is 16.5. The largest absolute Gasteiger partial charge is 0.457 e. The average molecular weight is 895 g/mol. The molecule has 70 heavy (non-hydrogen) atoms. The van der Waals surface area contributed by atoms with Crippen LogP contribution in [0.2, 0.25) is 0 Å². The molecule has 1 aliphatic carbocycles. The summed E-state index contributed by atoms with van der Waals surface area (Å²) in [5.41, 5.74) is 16.2. The van der Waals surface area contributed by atoms with E-state index in [0.29, 0.717) is 17.5 Å². The van der Waals surface area contributed by atoms with Crippen LogP contribution in [-0.4, -0.2) is 19.5 Å². The van der Waals surface area contributed by atoms with Crippen LogP contribution in [0.3, 0.4) is 0 Å². The van der Waals surface area contributed by atoms with Gasteiger partial charge in [0.05, 0.1) is 16.4 Å². The van der Waals surface area contributed by atoms with Crippen LogP contribution in [-0.2, 0) is 5.41 Å². The third kappa shape index (κ3) is 5.53. The van der Waals surface area contributed by atoms with Gasteiger partial charge in [-0.05, 0) is 88.0 Å². The molecule has 1 aliphatic heterocycles. The summed E-state index contributed by atoms with van der Waals surface area (Å²) >= 11 is 0. The Morgan fingerprint density at radius 2 is 0.943 bits per heavy atom. The van der Waals surface area contributed by atoms with Crippen molar-refractivity contribution in [3.8, 4) is 73.6 Å². The van der Waals surface area contributed by atoms with Crippen LogP contribution in [0.15, 0.2) is 235 Å². The zero-order chi connectivity index (χ0) is 45.9. The number of fused-ring (bicyclic) bond motifs is 15. The van der Waals surface area contributed by atoms with Gasteiger partial charge in [-0.15, -0.1) is 0 Å². The van der Waals surface area contributed by atoms with Gasteiger partial charge in [0.1, 0.15) is 22.7 Å². The van der Waals surface area contributed by atoms with Gasteiger partial charge in [0, 0.05) is 55.0 Å². The Labute approximate surface area is 402 Å². The zero-order valence-electron chi connectivity index (χ0n) is 37.5. The first-order valence-corrected chi connectivity index (χ1v) is 23.7. The highest BCUT2D eigenvalue weighted by Crippen LogP contribution is 2.63. The van der Waals surface area contributed by atoms with Gasteiger partial charge >= 0.3 is 0 Å². The molecule has 15 rings (SSSR count). The van der Waals surface area contributed by atoms with E-state index in [0.717, 1.165) is 111 Å². The average Bonchev–Trinajstić information content (AvgIpc) is 4.06. The molecule has 10 aromatic carbocycles. The smallest absolute Gasteiger partial charge is 0.164 e. The van der Waals surface area contributed by atoms with E-state index in [1.165, 1.54) is 10.9 Å². The van der Waals surface area contributed by atoms with E-state index in [2.05, 4.69) is 187 Å². The predicted octanol–water partition coefficient (Wildman–Crippen LogP) is 16.0. The molecule has 0 radical (unpaired) electrons. The van der Waals surface area contributed by atoms with Crippen LogP contribution in [0.5, 0.6) is 11.5 Å². The fourth-order valence-electron chi connectivity index (χ4n) is 11.5. The van der Waals surface area contributed by atoms with Crippen molar-refractivity contribution in [3.05, 3.63) is 253 Å². The lowest BCUT2D eigenvalue weighted by atomic mass is 9.66. The Morgan fingerprint density at radius 3 is 1.67 bits per heavy atom. The molecular formula is C64H38N4O2. The number of rotatable bonds is 5. The Morgan fingerprint density at radius 1 is 0.343 bits per heavy atom. The molecule has 0 saturated carbocycles. The summed E-state index contributed by atoms with van der Waals surface area (Å²) in [5.74, 6) is 3.54. The van der Waals surface area contributed by atoms with Gasteiger partial charge < -0.3 is 13.7 Å². The van der Waals surface area contributed by atoms with Gasteiger partial charge in [0.15, 0.2) is 17.5 Å². The molecule has 0 unspecified atom stereocenters. The molecule has 0 fully saturated rings. The van der Waals surface area contributed by atoms with Crippen molar-refractivity contribution >= 4 is 43.7 Å². The summed E-state index contributed by atoms with van der Waals surface area (Å²) in [6.45, 7) is 0. The summed E-state index contributed by atoms with van der Waals surface area (Å²) < 4.78 is 15.5. The van der Waals surface area contributed by atoms with Gasteiger partial charge in [0.2, 0.25) is 0 Å². The van der Waals surface area contributed by atoms with Crippen LogP contribution < -0.4 is 4.74 Å². The lowest BCUT2D eigenvalue weighted by Crippen LogP contribution is -2.32. The first-order chi connectivity index (χ1) is 34.7. The fourth-order valence-corrected chi connectivity index (χ4v) is 11.5. The summed E-state index contributed by atoms with van der Waals surface area (Å²) in [5, 5.41) is 4.58. The Bertz CT molecular complexity index is 4160. The number of aromatic nitrogens is 4. The molecule has 0 atom stereocenters. The Kier molecular flexibility index (Phi) is 8.18. The van der Waals surface area contributed by atoms with Crippen molar-refractivity contribution in [1.82, 2.24) is 19.5 Å². The monoisotopic (exact) mass is 894 g/mol. The minimum absolute atomic E-state index is 0.614. The minimum Gasteiger partial charge on any atom is -0.457 e. The van der Waals surface area contributed by atoms with Gasteiger partial charge in [0.25, 0.3) is 0 Å². The molecule has 2 aliphatic rings. The molecule has 13 aromatic rings. The Balaban J connectivity index is 0.945. The number of nitrogens with zero attached hydrogens (tertiary/aromatic N) is 4. The molecule has 0 N–H and O–H groups in total. The number of hydrogen-bond donors (Lipinski definition) is 0. The first-order valence-electron chi connectivity index (χ1n) is 23.7. The highest BCUT2D eigenvalue weighted by Gasteiger charge is 2.52. The summed E-state index contributed by atoms with van der Waals surface area (Å²) in [4.78, 5) is 15.7. The van der Waals surface area contributed by atoms with E-state index in [1.807, 2.05) is 48.5 Å². The van der Waals surface area contributed by atoms with Crippen molar-refractivity contribution in [3.63, 3.8) is 0 Å². The normalized spacial score (nSPS) is 13.1. The number of benzene rings is 10. The van der Waals surface area contributed by atoms with Gasteiger partial charge in [-0.3, -0.25) is 0 Å². The highest BCUT2D eigenvalue weighted by molar-refractivity contribution is 6.17. The molecule has 0 amide bonds. The topological polar surface area (TPSA) is 66.0 Å². The number of ether oxygens (including phenoxy) is 1. The van der Waals surface area contributed by atoms with Crippen molar-refractivity contribution in [2.45, 2.75) is 5.41 Å². The zero-order valence-corrected chi connectivity index (χ0v) is 37.5. The second-order valence-corrected chi connectivity index (χ2v) is 18.2. The third-order valence-corrected chi connectivity index (χ3v) is 14.5. The Hall–Kier alpha value is -9.39. The van der Waals surface area contributed by atoms with Gasteiger partial charge in [-0.2, -0.15) is 0 Å². The van der Waals surface area contributed by atoms with Crippen LogP contribution in [0.1, 0.15) is 22.3 Å². The van der Waals surface area contributed by atoms with Crippen LogP contribution in [0.4, 0.5) is 0 Å². The molecule has 3 aromatic heterocycles. The SMILES string of the molecule is c1ccc(-c2nc(-c3ccccc3)nc(-c3cccc4c3-c3cc(-c5ccc(-n6c7ccccc7c7cc8oc9ccccc9c8cc76)cc5)ccc3C43c4ccccc4Oc4ccccc43)n2)cc1. The molecule has 326 valence electrons. The van der Waals surface area contributed by atoms with Crippen LogP contribution >= 0.6 is 0 Å². The minimum atomic E-state index is -0.686. The van der Waals surface area contributed by atoms with E-state index >= 15 is 0 Å². The lowest BCUT2D eigenvalue weighted by molar-refractivity contribution is 0.436. The van der Waals surface area contributed by atoms with Crippen LogP contribution in [0.25, 0.3) is 106 Å². The molecule has 0 bridgehead atoms. The van der Waals surface area contributed by atoms with Crippen molar-refractivity contribution in [2.24, 2.45) is 0 Å².